The predicted octanol–water partition coefficient (Wildman–Crippen LogP) is 3.78. The van der Waals surface area contributed by atoms with Gasteiger partial charge in [-0.05, 0) is 51.1 Å². The summed E-state index contributed by atoms with van der Waals surface area (Å²) < 4.78 is 12.9. The van der Waals surface area contributed by atoms with E-state index in [4.69, 9.17) is 14.7 Å². The molecule has 3 rings (SSSR count). The topological polar surface area (TPSA) is 89.2 Å². The van der Waals surface area contributed by atoms with Crippen LogP contribution in [0.15, 0.2) is 48.5 Å². The molecule has 7 heteroatoms. The Bertz CT molecular complexity index is 1070. The number of ether oxygens (including phenoxy) is 2. The molecule has 29 heavy (non-hydrogen) atoms. The van der Waals surface area contributed by atoms with E-state index in [1.165, 1.54) is 0 Å². The number of hydrogen-bond donors (Lipinski definition) is 1. The van der Waals surface area contributed by atoms with Gasteiger partial charge in [-0.15, -0.1) is 0 Å². The quantitative estimate of drug-likeness (QED) is 0.663. The fourth-order valence-corrected chi connectivity index (χ4v) is 2.93. The van der Waals surface area contributed by atoms with Crippen molar-refractivity contribution in [3.8, 4) is 23.3 Å². The SMILES string of the molecule is CCOc1cc(C#N)ccc1OCC(=O)Nc1ccccc1-n1nc(C)cc1C. The third-order valence-electron chi connectivity index (χ3n) is 4.15. The summed E-state index contributed by atoms with van der Waals surface area (Å²) in [6.45, 7) is 5.95. The highest BCUT2D eigenvalue weighted by atomic mass is 16.5. The Kier molecular flexibility index (Phi) is 6.15. The van der Waals surface area contributed by atoms with Gasteiger partial charge in [0.25, 0.3) is 5.91 Å². The van der Waals surface area contributed by atoms with Crippen LogP contribution in [0.5, 0.6) is 11.5 Å². The van der Waals surface area contributed by atoms with E-state index in [1.54, 1.807) is 22.9 Å². The van der Waals surface area contributed by atoms with E-state index in [9.17, 15) is 4.79 Å². The Morgan fingerprint density at radius 1 is 1.14 bits per heavy atom. The first-order valence-electron chi connectivity index (χ1n) is 9.24. The van der Waals surface area contributed by atoms with Crippen molar-refractivity contribution >= 4 is 11.6 Å². The first-order chi connectivity index (χ1) is 14.0. The number of nitriles is 1. The summed E-state index contributed by atoms with van der Waals surface area (Å²) in [6.07, 6.45) is 0. The zero-order valence-electron chi connectivity index (χ0n) is 16.6. The number of anilines is 1. The number of nitrogens with zero attached hydrogens (tertiary/aromatic N) is 3. The second kappa shape index (κ2) is 8.93. The molecule has 0 aliphatic rings. The normalized spacial score (nSPS) is 10.3. The molecule has 2 aromatic carbocycles. The van der Waals surface area contributed by atoms with Gasteiger partial charge in [-0.25, -0.2) is 4.68 Å². The Morgan fingerprint density at radius 2 is 1.93 bits per heavy atom. The second-order valence-corrected chi connectivity index (χ2v) is 6.40. The van der Waals surface area contributed by atoms with E-state index in [0.29, 0.717) is 29.4 Å². The third-order valence-corrected chi connectivity index (χ3v) is 4.15. The molecule has 0 saturated carbocycles. The van der Waals surface area contributed by atoms with Crippen molar-refractivity contribution in [2.75, 3.05) is 18.5 Å². The van der Waals surface area contributed by atoms with Crippen LogP contribution >= 0.6 is 0 Å². The van der Waals surface area contributed by atoms with E-state index in [0.717, 1.165) is 17.1 Å². The molecule has 0 saturated heterocycles. The van der Waals surface area contributed by atoms with Crippen LogP contribution in [0.25, 0.3) is 5.69 Å². The lowest BCUT2D eigenvalue weighted by molar-refractivity contribution is -0.118. The highest BCUT2D eigenvalue weighted by Gasteiger charge is 2.13. The minimum absolute atomic E-state index is 0.197. The minimum atomic E-state index is -0.314. The molecule has 7 nitrogen and oxygen atoms in total. The summed E-state index contributed by atoms with van der Waals surface area (Å²) in [5.41, 5.74) is 3.75. The molecule has 0 unspecified atom stereocenters. The van der Waals surface area contributed by atoms with Crippen molar-refractivity contribution < 1.29 is 14.3 Å². The molecule has 3 aromatic rings. The third kappa shape index (κ3) is 4.74. The van der Waals surface area contributed by atoms with Gasteiger partial charge in [0, 0.05) is 11.8 Å². The second-order valence-electron chi connectivity index (χ2n) is 6.40. The Hall–Kier alpha value is -3.79. The van der Waals surface area contributed by atoms with Gasteiger partial charge in [0.2, 0.25) is 0 Å². The number of aromatic nitrogens is 2. The maximum atomic E-state index is 12.5. The number of rotatable bonds is 7. The monoisotopic (exact) mass is 390 g/mol. The van der Waals surface area contributed by atoms with Gasteiger partial charge in [-0.1, -0.05) is 12.1 Å². The van der Waals surface area contributed by atoms with Crippen LogP contribution in [-0.4, -0.2) is 28.9 Å². The number of carbonyl (C=O) groups is 1. The van der Waals surface area contributed by atoms with Gasteiger partial charge in [-0.3, -0.25) is 4.79 Å². The minimum Gasteiger partial charge on any atom is -0.490 e. The van der Waals surface area contributed by atoms with Crippen molar-refractivity contribution in [3.05, 3.63) is 65.5 Å². The molecule has 0 aliphatic heterocycles. The molecule has 148 valence electrons. The number of para-hydroxylation sites is 2. The summed E-state index contributed by atoms with van der Waals surface area (Å²) >= 11 is 0. The van der Waals surface area contributed by atoms with Gasteiger partial charge >= 0.3 is 0 Å². The highest BCUT2D eigenvalue weighted by Crippen LogP contribution is 2.28. The number of amides is 1. The molecule has 0 aliphatic carbocycles. The van der Waals surface area contributed by atoms with Gasteiger partial charge in [0.15, 0.2) is 18.1 Å². The van der Waals surface area contributed by atoms with Crippen molar-refractivity contribution in [3.63, 3.8) is 0 Å². The van der Waals surface area contributed by atoms with Crippen LogP contribution in [-0.2, 0) is 4.79 Å². The number of nitrogens with one attached hydrogen (secondary N) is 1. The van der Waals surface area contributed by atoms with Crippen LogP contribution in [0.1, 0.15) is 23.9 Å². The van der Waals surface area contributed by atoms with Gasteiger partial charge in [0.05, 0.1) is 35.3 Å². The number of carbonyl (C=O) groups excluding carboxylic acids is 1. The fourth-order valence-electron chi connectivity index (χ4n) is 2.93. The number of hydrogen-bond acceptors (Lipinski definition) is 5. The molecule has 1 N–H and O–H groups in total. The largest absolute Gasteiger partial charge is 0.490 e. The van der Waals surface area contributed by atoms with Crippen LogP contribution in [0.3, 0.4) is 0 Å². The summed E-state index contributed by atoms with van der Waals surface area (Å²) in [5.74, 6) is 0.529. The lowest BCUT2D eigenvalue weighted by Gasteiger charge is -2.14. The van der Waals surface area contributed by atoms with Crippen LogP contribution in [0.2, 0.25) is 0 Å². The van der Waals surface area contributed by atoms with Crippen molar-refractivity contribution in [2.45, 2.75) is 20.8 Å². The molecule has 1 heterocycles. The molecule has 0 spiro atoms. The lowest BCUT2D eigenvalue weighted by atomic mass is 10.2. The van der Waals surface area contributed by atoms with Crippen molar-refractivity contribution in [2.24, 2.45) is 0 Å². The lowest BCUT2D eigenvalue weighted by Crippen LogP contribution is -2.21. The van der Waals surface area contributed by atoms with Gasteiger partial charge in [-0.2, -0.15) is 10.4 Å². The zero-order valence-corrected chi connectivity index (χ0v) is 16.6. The summed E-state index contributed by atoms with van der Waals surface area (Å²) in [5, 5.41) is 16.4. The molecule has 0 radical (unpaired) electrons. The van der Waals surface area contributed by atoms with Crippen LogP contribution in [0, 0.1) is 25.2 Å². The van der Waals surface area contributed by atoms with Gasteiger partial charge in [0.1, 0.15) is 0 Å². The summed E-state index contributed by atoms with van der Waals surface area (Å²) in [6, 6.07) is 16.3. The molecule has 0 atom stereocenters. The standard InChI is InChI=1S/C22H22N4O3/c1-4-28-21-12-17(13-23)9-10-20(21)29-14-22(27)24-18-7-5-6-8-19(18)26-16(3)11-15(2)25-26/h5-12H,4,14H2,1-3H3,(H,24,27). The summed E-state index contributed by atoms with van der Waals surface area (Å²) in [7, 11) is 0. The van der Waals surface area contributed by atoms with E-state index < -0.39 is 0 Å². The number of benzene rings is 2. The average Bonchev–Trinajstić information content (AvgIpc) is 3.05. The van der Waals surface area contributed by atoms with Crippen molar-refractivity contribution in [1.29, 1.82) is 5.26 Å². The Labute approximate surface area is 169 Å². The van der Waals surface area contributed by atoms with E-state index in [2.05, 4.69) is 16.5 Å². The van der Waals surface area contributed by atoms with Crippen LogP contribution < -0.4 is 14.8 Å². The molecule has 0 bridgehead atoms. The molecule has 1 aromatic heterocycles. The fraction of sp³-hybridized carbons (Fsp3) is 0.227. The first kappa shape index (κ1) is 20.0. The summed E-state index contributed by atoms with van der Waals surface area (Å²) in [4.78, 5) is 12.5. The van der Waals surface area contributed by atoms with Crippen LogP contribution in [0.4, 0.5) is 5.69 Å². The smallest absolute Gasteiger partial charge is 0.262 e. The molecule has 0 fully saturated rings. The zero-order chi connectivity index (χ0) is 20.8. The Morgan fingerprint density at radius 3 is 2.62 bits per heavy atom. The van der Waals surface area contributed by atoms with Gasteiger partial charge < -0.3 is 14.8 Å². The maximum Gasteiger partial charge on any atom is 0.262 e. The average molecular weight is 390 g/mol. The maximum absolute atomic E-state index is 12.5. The molecular weight excluding hydrogens is 368 g/mol. The number of aryl methyl sites for hydroxylation is 2. The first-order valence-corrected chi connectivity index (χ1v) is 9.24. The molecule has 1 amide bonds. The highest BCUT2D eigenvalue weighted by molar-refractivity contribution is 5.93. The van der Waals surface area contributed by atoms with E-state index >= 15 is 0 Å². The predicted molar refractivity (Wildman–Crippen MR) is 109 cm³/mol. The Balaban J connectivity index is 1.73. The van der Waals surface area contributed by atoms with E-state index in [1.807, 2.05) is 51.1 Å². The molecular formula is C22H22N4O3. The van der Waals surface area contributed by atoms with E-state index in [-0.39, 0.29) is 12.5 Å². The van der Waals surface area contributed by atoms with Crippen molar-refractivity contribution in [1.82, 2.24) is 9.78 Å².